The minimum Gasteiger partial charge on any atom is -0.379 e. The van der Waals surface area contributed by atoms with Crippen LogP contribution in [-0.4, -0.2) is 131 Å². The third-order valence-corrected chi connectivity index (χ3v) is 4.87. The van der Waals surface area contributed by atoms with Gasteiger partial charge in [-0.3, -0.25) is 0 Å². The normalized spacial score (nSPS) is 12.5. The molecule has 0 aliphatic carbocycles. The first-order valence-corrected chi connectivity index (χ1v) is 14.2. The summed E-state index contributed by atoms with van der Waals surface area (Å²) >= 11 is 0. The molecule has 0 aromatic rings. The van der Waals surface area contributed by atoms with Gasteiger partial charge in [-0.05, 0) is 32.6 Å². The quantitative estimate of drug-likeness (QED) is 0.139. The predicted molar refractivity (Wildman–Crippen MR) is 149 cm³/mol. The van der Waals surface area contributed by atoms with E-state index in [2.05, 4.69) is 46.9 Å². The SMILES string of the molecule is CC(C)(C)CCOCCOCCOCCOCCOCCOCCOCCOCCOCCNC(C)(C)C. The van der Waals surface area contributed by atoms with E-state index >= 15 is 0 Å². The summed E-state index contributed by atoms with van der Waals surface area (Å²) in [4.78, 5) is 0. The maximum absolute atomic E-state index is 5.55. The fourth-order valence-corrected chi connectivity index (χ4v) is 2.74. The molecule has 0 saturated heterocycles. The van der Waals surface area contributed by atoms with Crippen molar-refractivity contribution in [3.8, 4) is 0 Å². The van der Waals surface area contributed by atoms with E-state index in [9.17, 15) is 0 Å². The molecular formula is C28H59NO9. The molecule has 0 spiro atoms. The number of nitrogens with one attached hydrogen (secondary N) is 1. The molecule has 0 amide bonds. The molecule has 0 heterocycles. The number of hydrogen-bond acceptors (Lipinski definition) is 10. The van der Waals surface area contributed by atoms with Crippen LogP contribution in [0.2, 0.25) is 0 Å². The lowest BCUT2D eigenvalue weighted by molar-refractivity contribution is -0.0253. The predicted octanol–water partition coefficient (Wildman–Crippen LogP) is 2.96. The van der Waals surface area contributed by atoms with Crippen LogP contribution in [0, 0.1) is 5.41 Å². The zero-order valence-electron chi connectivity index (χ0n) is 25.3. The van der Waals surface area contributed by atoms with E-state index < -0.39 is 0 Å². The van der Waals surface area contributed by atoms with E-state index in [1.807, 2.05) is 0 Å². The lowest BCUT2D eigenvalue weighted by Gasteiger charge is -2.20. The Balaban J connectivity index is 3.07. The molecule has 0 unspecified atom stereocenters. The summed E-state index contributed by atoms with van der Waals surface area (Å²) in [5.41, 5.74) is 0.433. The van der Waals surface area contributed by atoms with Crippen LogP contribution >= 0.6 is 0 Å². The molecule has 0 aliphatic rings. The average molecular weight is 554 g/mol. The lowest BCUT2D eigenvalue weighted by Crippen LogP contribution is -2.38. The van der Waals surface area contributed by atoms with Gasteiger partial charge in [0.15, 0.2) is 0 Å². The Morgan fingerprint density at radius 3 is 0.816 bits per heavy atom. The molecule has 0 aromatic carbocycles. The fraction of sp³-hybridized carbons (Fsp3) is 1.00. The van der Waals surface area contributed by atoms with Gasteiger partial charge in [0.2, 0.25) is 0 Å². The number of hydrogen-bond donors (Lipinski definition) is 1. The van der Waals surface area contributed by atoms with E-state index in [0.29, 0.717) is 118 Å². The minimum absolute atomic E-state index is 0.123. The topological polar surface area (TPSA) is 95.1 Å². The Morgan fingerprint density at radius 1 is 0.342 bits per heavy atom. The zero-order chi connectivity index (χ0) is 28.2. The second kappa shape index (κ2) is 26.8. The molecule has 0 aliphatic heterocycles. The monoisotopic (exact) mass is 553 g/mol. The molecule has 38 heavy (non-hydrogen) atoms. The van der Waals surface area contributed by atoms with Gasteiger partial charge in [0.25, 0.3) is 0 Å². The van der Waals surface area contributed by atoms with Crippen LogP contribution in [-0.2, 0) is 42.6 Å². The molecule has 1 N–H and O–H groups in total. The van der Waals surface area contributed by atoms with Crippen molar-refractivity contribution in [3.05, 3.63) is 0 Å². The van der Waals surface area contributed by atoms with Crippen molar-refractivity contribution in [1.82, 2.24) is 5.32 Å². The summed E-state index contributed by atoms with van der Waals surface area (Å²) in [5, 5.41) is 3.37. The maximum atomic E-state index is 5.55. The van der Waals surface area contributed by atoms with Gasteiger partial charge in [0.05, 0.1) is 112 Å². The van der Waals surface area contributed by atoms with Crippen molar-refractivity contribution in [1.29, 1.82) is 0 Å². The zero-order valence-corrected chi connectivity index (χ0v) is 25.3. The Kier molecular flexibility index (Phi) is 26.5. The van der Waals surface area contributed by atoms with E-state index in [4.69, 9.17) is 42.6 Å². The summed E-state index contributed by atoms with van der Waals surface area (Å²) in [6.07, 6.45) is 1.05. The lowest BCUT2D eigenvalue weighted by atomic mass is 9.93. The molecule has 0 bridgehead atoms. The molecule has 230 valence electrons. The second-order valence-corrected chi connectivity index (χ2v) is 11.0. The van der Waals surface area contributed by atoms with Gasteiger partial charge < -0.3 is 47.9 Å². The molecule has 0 aromatic heterocycles. The van der Waals surface area contributed by atoms with Crippen molar-refractivity contribution in [2.75, 3.05) is 125 Å². The molecule has 0 radical (unpaired) electrons. The van der Waals surface area contributed by atoms with Gasteiger partial charge in [0.1, 0.15) is 0 Å². The minimum atomic E-state index is 0.123. The first-order valence-electron chi connectivity index (χ1n) is 14.2. The van der Waals surface area contributed by atoms with Gasteiger partial charge in [0, 0.05) is 18.7 Å². The van der Waals surface area contributed by atoms with E-state index in [0.717, 1.165) is 19.6 Å². The number of ether oxygens (including phenoxy) is 9. The summed E-state index contributed by atoms with van der Waals surface area (Å²) in [6.45, 7) is 24.3. The highest BCUT2D eigenvalue weighted by Gasteiger charge is 2.09. The molecule has 0 rings (SSSR count). The molecule has 0 saturated carbocycles. The third kappa shape index (κ3) is 35.6. The average Bonchev–Trinajstić information content (AvgIpc) is 2.84. The van der Waals surface area contributed by atoms with Crippen LogP contribution in [0.3, 0.4) is 0 Å². The Hall–Kier alpha value is -0.400. The highest BCUT2D eigenvalue weighted by Crippen LogP contribution is 2.17. The number of rotatable bonds is 29. The first kappa shape index (κ1) is 37.6. The van der Waals surface area contributed by atoms with Crippen LogP contribution in [0.5, 0.6) is 0 Å². The van der Waals surface area contributed by atoms with Crippen molar-refractivity contribution in [2.45, 2.75) is 53.5 Å². The van der Waals surface area contributed by atoms with Gasteiger partial charge in [-0.2, -0.15) is 0 Å². The second-order valence-electron chi connectivity index (χ2n) is 11.0. The highest BCUT2D eigenvalue weighted by atomic mass is 16.6. The smallest absolute Gasteiger partial charge is 0.0701 e. The van der Waals surface area contributed by atoms with E-state index in [-0.39, 0.29) is 5.54 Å². The third-order valence-electron chi connectivity index (χ3n) is 4.87. The fourth-order valence-electron chi connectivity index (χ4n) is 2.74. The van der Waals surface area contributed by atoms with Crippen molar-refractivity contribution in [3.63, 3.8) is 0 Å². The summed E-state index contributed by atoms with van der Waals surface area (Å²) in [5.74, 6) is 0. The maximum Gasteiger partial charge on any atom is 0.0701 e. The van der Waals surface area contributed by atoms with Crippen molar-refractivity contribution in [2.24, 2.45) is 5.41 Å². The first-order chi connectivity index (χ1) is 18.2. The Morgan fingerprint density at radius 2 is 0.579 bits per heavy atom. The Labute approximate surface area is 232 Å². The highest BCUT2D eigenvalue weighted by molar-refractivity contribution is 4.69. The standard InChI is InChI=1S/C28H59NO9/c1-27(2,3)7-9-30-11-13-32-15-17-34-19-21-36-23-25-38-26-24-37-22-20-35-18-16-33-14-12-31-10-8-29-28(4,5)6/h29H,7-26H2,1-6H3. The molecule has 0 atom stereocenters. The van der Waals surface area contributed by atoms with E-state index in [1.54, 1.807) is 0 Å². The van der Waals surface area contributed by atoms with Gasteiger partial charge in [-0.25, -0.2) is 0 Å². The van der Waals surface area contributed by atoms with Crippen LogP contribution < -0.4 is 5.32 Å². The van der Waals surface area contributed by atoms with Crippen LogP contribution in [0.4, 0.5) is 0 Å². The van der Waals surface area contributed by atoms with E-state index in [1.165, 1.54) is 0 Å². The van der Waals surface area contributed by atoms with Crippen molar-refractivity contribution < 1.29 is 42.6 Å². The Bertz CT molecular complexity index is 428. The molecule has 0 fully saturated rings. The summed E-state index contributed by atoms with van der Waals surface area (Å²) < 4.78 is 49.4. The summed E-state index contributed by atoms with van der Waals surface area (Å²) in [6, 6.07) is 0. The summed E-state index contributed by atoms with van der Waals surface area (Å²) in [7, 11) is 0. The largest absolute Gasteiger partial charge is 0.379 e. The van der Waals surface area contributed by atoms with Gasteiger partial charge in [-0.1, -0.05) is 20.8 Å². The van der Waals surface area contributed by atoms with Gasteiger partial charge >= 0.3 is 0 Å². The van der Waals surface area contributed by atoms with Crippen LogP contribution in [0.15, 0.2) is 0 Å². The van der Waals surface area contributed by atoms with Crippen LogP contribution in [0.25, 0.3) is 0 Å². The van der Waals surface area contributed by atoms with Crippen LogP contribution in [0.1, 0.15) is 48.0 Å². The molecule has 10 heteroatoms. The molecular weight excluding hydrogens is 494 g/mol. The van der Waals surface area contributed by atoms with Crippen molar-refractivity contribution >= 4 is 0 Å². The molecule has 10 nitrogen and oxygen atoms in total. The van der Waals surface area contributed by atoms with Gasteiger partial charge in [-0.15, -0.1) is 0 Å².